The minimum Gasteiger partial charge on any atom is -0.391 e. The highest BCUT2D eigenvalue weighted by Crippen LogP contribution is 2.25. The number of carbonyl (C=O) groups excluding carboxylic acids is 2. The maximum Gasteiger partial charge on any atom is 0.210 e. The van der Waals surface area contributed by atoms with E-state index in [1.807, 2.05) is 44.2 Å². The zero-order valence-electron chi connectivity index (χ0n) is 18.0. The lowest BCUT2D eigenvalue weighted by Gasteiger charge is -2.17. The summed E-state index contributed by atoms with van der Waals surface area (Å²) in [6.07, 6.45) is 1.63. The standard InChI is InChI=1S/C14H13FN2O3.C8H10O.C2H6/c15-8-1-2-10-11(5-16-12(10)3-8)14(20)13-4-9(19)6-17(13)7-18;1-9-7-8-5-3-2-4-6-8;1-2/h1-3,5,7,9,13,16,19H,4,6H2;2-6H,7H2,1H3;1-2H3. The van der Waals surface area contributed by atoms with Crippen molar-refractivity contribution in [2.24, 2.45) is 0 Å². The number of ether oxygens (including phenoxy) is 1. The normalized spacial score (nSPS) is 17.4. The number of ketones is 1. The van der Waals surface area contributed by atoms with Gasteiger partial charge in [0.2, 0.25) is 6.41 Å². The Bertz CT molecular complexity index is 974. The fourth-order valence-electron chi connectivity index (χ4n) is 3.44. The molecule has 1 aliphatic rings. The number of aliphatic hydroxyl groups excluding tert-OH is 1. The molecular formula is C24H29FN2O4. The number of hydrogen-bond acceptors (Lipinski definition) is 4. The van der Waals surface area contributed by atoms with E-state index in [9.17, 15) is 19.1 Å². The lowest BCUT2D eigenvalue weighted by atomic mass is 10.0. The minimum absolute atomic E-state index is 0.164. The van der Waals surface area contributed by atoms with E-state index in [-0.39, 0.29) is 24.6 Å². The molecule has 1 amide bonds. The van der Waals surface area contributed by atoms with Crippen molar-refractivity contribution in [2.45, 2.75) is 39.0 Å². The van der Waals surface area contributed by atoms with E-state index in [1.54, 1.807) is 7.11 Å². The molecule has 1 aliphatic heterocycles. The van der Waals surface area contributed by atoms with Gasteiger partial charge in [-0.1, -0.05) is 44.2 Å². The molecule has 2 heterocycles. The number of aromatic nitrogens is 1. The highest BCUT2D eigenvalue weighted by atomic mass is 19.1. The van der Waals surface area contributed by atoms with Crippen LogP contribution in [0.1, 0.15) is 36.2 Å². The molecule has 4 rings (SSSR count). The summed E-state index contributed by atoms with van der Waals surface area (Å²) in [5.74, 6) is -0.629. The van der Waals surface area contributed by atoms with Crippen LogP contribution in [0.4, 0.5) is 4.39 Å². The highest BCUT2D eigenvalue weighted by Gasteiger charge is 2.36. The number of amides is 1. The van der Waals surface area contributed by atoms with Gasteiger partial charge >= 0.3 is 0 Å². The predicted octanol–water partition coefficient (Wildman–Crippen LogP) is 3.94. The van der Waals surface area contributed by atoms with Gasteiger partial charge in [-0.3, -0.25) is 9.59 Å². The van der Waals surface area contributed by atoms with Crippen LogP contribution in [-0.4, -0.2) is 53.0 Å². The average Bonchev–Trinajstić information content (AvgIpc) is 3.39. The van der Waals surface area contributed by atoms with Crippen molar-refractivity contribution in [3.63, 3.8) is 0 Å². The van der Waals surface area contributed by atoms with Gasteiger partial charge in [-0.25, -0.2) is 4.39 Å². The average molecular weight is 429 g/mol. The lowest BCUT2D eigenvalue weighted by Crippen LogP contribution is -2.35. The van der Waals surface area contributed by atoms with Gasteiger partial charge < -0.3 is 19.7 Å². The van der Waals surface area contributed by atoms with Crippen molar-refractivity contribution >= 4 is 23.1 Å². The minimum atomic E-state index is -0.684. The number of H-pyrrole nitrogens is 1. The Labute approximate surface area is 181 Å². The molecular weight excluding hydrogens is 399 g/mol. The van der Waals surface area contributed by atoms with Crippen LogP contribution in [0.15, 0.2) is 54.7 Å². The maximum atomic E-state index is 13.1. The zero-order chi connectivity index (χ0) is 22.8. The van der Waals surface area contributed by atoms with E-state index in [4.69, 9.17) is 4.74 Å². The smallest absolute Gasteiger partial charge is 0.210 e. The summed E-state index contributed by atoms with van der Waals surface area (Å²) >= 11 is 0. The number of fused-ring (bicyclic) bond motifs is 1. The Morgan fingerprint density at radius 2 is 1.97 bits per heavy atom. The molecule has 0 bridgehead atoms. The number of halogens is 1. The van der Waals surface area contributed by atoms with Gasteiger partial charge in [0.15, 0.2) is 5.78 Å². The third-order valence-electron chi connectivity index (χ3n) is 4.82. The predicted molar refractivity (Wildman–Crippen MR) is 118 cm³/mol. The number of benzene rings is 2. The maximum absolute atomic E-state index is 13.1. The van der Waals surface area contributed by atoms with Gasteiger partial charge in [0, 0.05) is 42.7 Å². The van der Waals surface area contributed by atoms with Crippen molar-refractivity contribution in [1.29, 1.82) is 0 Å². The highest BCUT2D eigenvalue weighted by molar-refractivity contribution is 6.10. The second kappa shape index (κ2) is 12.0. The van der Waals surface area contributed by atoms with Gasteiger partial charge in [0.25, 0.3) is 0 Å². The zero-order valence-corrected chi connectivity index (χ0v) is 18.0. The Morgan fingerprint density at radius 3 is 2.61 bits per heavy atom. The van der Waals surface area contributed by atoms with Crippen molar-refractivity contribution in [1.82, 2.24) is 9.88 Å². The van der Waals surface area contributed by atoms with Crippen molar-refractivity contribution in [3.05, 3.63) is 71.7 Å². The van der Waals surface area contributed by atoms with Crippen LogP contribution in [-0.2, 0) is 16.1 Å². The first-order valence-corrected chi connectivity index (χ1v) is 10.3. The molecule has 31 heavy (non-hydrogen) atoms. The van der Waals surface area contributed by atoms with Crippen LogP contribution < -0.4 is 0 Å². The Kier molecular flexibility index (Phi) is 9.37. The van der Waals surface area contributed by atoms with E-state index < -0.39 is 12.1 Å². The van der Waals surface area contributed by atoms with Crippen molar-refractivity contribution in [2.75, 3.05) is 13.7 Å². The molecule has 2 aromatic carbocycles. The number of β-amino-alcohol motifs (C(OH)–C–C–N with tert-alkyl or cyclic N) is 1. The van der Waals surface area contributed by atoms with E-state index >= 15 is 0 Å². The number of aromatic amines is 1. The first-order valence-electron chi connectivity index (χ1n) is 10.3. The van der Waals surface area contributed by atoms with Gasteiger partial charge in [-0.2, -0.15) is 0 Å². The molecule has 1 saturated heterocycles. The van der Waals surface area contributed by atoms with Crippen LogP contribution in [0, 0.1) is 5.82 Å². The molecule has 0 saturated carbocycles. The molecule has 3 aromatic rings. The number of nitrogens with one attached hydrogen (secondary N) is 1. The molecule has 0 aliphatic carbocycles. The molecule has 7 heteroatoms. The van der Waals surface area contributed by atoms with Crippen molar-refractivity contribution in [3.8, 4) is 0 Å². The van der Waals surface area contributed by atoms with Crippen LogP contribution in [0.2, 0.25) is 0 Å². The Morgan fingerprint density at radius 1 is 1.26 bits per heavy atom. The molecule has 2 unspecified atom stereocenters. The number of aliphatic hydroxyl groups is 1. The Hall–Kier alpha value is -3.03. The number of Topliss-reactive ketones (excluding diaryl/α,β-unsaturated/α-hetero) is 1. The van der Waals surface area contributed by atoms with Gasteiger partial charge in [-0.05, 0) is 23.8 Å². The molecule has 1 fully saturated rings. The monoisotopic (exact) mass is 428 g/mol. The molecule has 0 spiro atoms. The summed E-state index contributed by atoms with van der Waals surface area (Å²) in [6, 6.07) is 13.6. The van der Waals surface area contributed by atoms with E-state index in [0.717, 1.165) is 0 Å². The van der Waals surface area contributed by atoms with Gasteiger partial charge in [0.1, 0.15) is 5.82 Å². The number of methoxy groups -OCH3 is 1. The molecule has 1 aromatic heterocycles. The number of hydrogen-bond donors (Lipinski definition) is 2. The summed E-state index contributed by atoms with van der Waals surface area (Å²) in [5, 5.41) is 10.2. The second-order valence-electron chi connectivity index (χ2n) is 6.88. The number of nitrogens with zero attached hydrogens (tertiary/aromatic N) is 1. The van der Waals surface area contributed by atoms with Crippen LogP contribution >= 0.6 is 0 Å². The van der Waals surface area contributed by atoms with Crippen LogP contribution in [0.25, 0.3) is 10.9 Å². The molecule has 6 nitrogen and oxygen atoms in total. The lowest BCUT2D eigenvalue weighted by molar-refractivity contribution is -0.118. The van der Waals surface area contributed by atoms with Crippen LogP contribution in [0.3, 0.4) is 0 Å². The fraction of sp³-hybridized carbons (Fsp3) is 0.333. The van der Waals surface area contributed by atoms with Crippen LogP contribution in [0.5, 0.6) is 0 Å². The topological polar surface area (TPSA) is 82.6 Å². The third-order valence-corrected chi connectivity index (χ3v) is 4.82. The van der Waals surface area contributed by atoms with Crippen molar-refractivity contribution < 1.29 is 23.8 Å². The summed E-state index contributed by atoms with van der Waals surface area (Å²) < 4.78 is 18.1. The van der Waals surface area contributed by atoms with E-state index in [0.29, 0.717) is 29.5 Å². The molecule has 2 atom stereocenters. The summed E-state index contributed by atoms with van der Waals surface area (Å²) in [5.41, 5.74) is 2.16. The number of likely N-dealkylation sites (tertiary alicyclic amines) is 1. The molecule has 0 radical (unpaired) electrons. The summed E-state index contributed by atoms with van der Waals surface area (Å²) in [4.78, 5) is 27.6. The van der Waals surface area contributed by atoms with E-state index in [1.165, 1.54) is 34.9 Å². The summed E-state index contributed by atoms with van der Waals surface area (Å²) in [7, 11) is 1.70. The number of rotatable bonds is 5. The second-order valence-corrected chi connectivity index (χ2v) is 6.88. The van der Waals surface area contributed by atoms with Gasteiger partial charge in [0.05, 0.1) is 18.8 Å². The molecule has 2 N–H and O–H groups in total. The SMILES string of the molecule is CC.COCc1ccccc1.O=CN1CC(O)CC1C(=O)c1c[nH]c2cc(F)ccc12. The summed E-state index contributed by atoms with van der Waals surface area (Å²) in [6.45, 7) is 4.87. The quantitative estimate of drug-likeness (QED) is 0.476. The molecule has 166 valence electrons. The fourth-order valence-corrected chi connectivity index (χ4v) is 3.44. The third kappa shape index (κ3) is 6.23. The number of carbonyl (C=O) groups is 2. The first kappa shape index (κ1) is 24.2. The first-order chi connectivity index (χ1) is 15.0. The Balaban J connectivity index is 0.000000261. The largest absolute Gasteiger partial charge is 0.391 e. The van der Waals surface area contributed by atoms with E-state index in [2.05, 4.69) is 4.98 Å². The van der Waals surface area contributed by atoms with Gasteiger partial charge in [-0.15, -0.1) is 0 Å².